The van der Waals surface area contributed by atoms with Gasteiger partial charge in [0.1, 0.15) is 12.4 Å². The van der Waals surface area contributed by atoms with Gasteiger partial charge in [0.25, 0.3) is 5.91 Å². The molecule has 0 saturated heterocycles. The minimum Gasteiger partial charge on any atom is -0.489 e. The van der Waals surface area contributed by atoms with E-state index in [1.54, 1.807) is 0 Å². The number of nitrogens with one attached hydrogen (secondary N) is 2. The molecule has 4 nitrogen and oxygen atoms in total. The summed E-state index contributed by atoms with van der Waals surface area (Å²) in [6.07, 6.45) is 2.75. The van der Waals surface area contributed by atoms with Gasteiger partial charge in [-0.3, -0.25) is 4.79 Å². The molecule has 168 valence electrons. The minimum atomic E-state index is -0.0592. The lowest BCUT2D eigenvalue weighted by atomic mass is 10.0. The second-order valence-corrected chi connectivity index (χ2v) is 8.24. The normalized spacial score (nSPS) is 10.8. The van der Waals surface area contributed by atoms with Crippen LogP contribution >= 0.6 is 0 Å². The number of aromatic nitrogens is 1. The first kappa shape index (κ1) is 21.5. The summed E-state index contributed by atoms with van der Waals surface area (Å²) in [5.41, 5.74) is 6.25. The van der Waals surface area contributed by atoms with Crippen molar-refractivity contribution in [2.75, 3.05) is 6.54 Å². The molecule has 0 fully saturated rings. The molecule has 4 heteroatoms. The maximum atomic E-state index is 12.6. The summed E-state index contributed by atoms with van der Waals surface area (Å²) in [4.78, 5) is 15.9. The van der Waals surface area contributed by atoms with Gasteiger partial charge in [-0.2, -0.15) is 0 Å². The average Bonchev–Trinajstić information content (AvgIpc) is 3.31. The molecule has 1 heterocycles. The number of carbonyl (C=O) groups is 1. The molecule has 0 aliphatic heterocycles. The predicted molar refractivity (Wildman–Crippen MR) is 137 cm³/mol. The number of hydrogen-bond donors (Lipinski definition) is 2. The Kier molecular flexibility index (Phi) is 6.39. The van der Waals surface area contributed by atoms with Gasteiger partial charge in [0.2, 0.25) is 0 Å². The molecule has 0 unspecified atom stereocenters. The molecule has 0 saturated carbocycles. The maximum Gasteiger partial charge on any atom is 0.251 e. The number of H-pyrrole nitrogens is 1. The van der Waals surface area contributed by atoms with Crippen LogP contribution < -0.4 is 10.1 Å². The van der Waals surface area contributed by atoms with Crippen molar-refractivity contribution >= 4 is 16.8 Å². The third-order valence-corrected chi connectivity index (χ3v) is 5.92. The molecule has 1 amide bonds. The van der Waals surface area contributed by atoms with Gasteiger partial charge in [0, 0.05) is 35.3 Å². The molecular weight excluding hydrogens is 420 g/mol. The Morgan fingerprint density at radius 2 is 1.50 bits per heavy atom. The Hall–Kier alpha value is -4.31. The monoisotopic (exact) mass is 446 g/mol. The van der Waals surface area contributed by atoms with Gasteiger partial charge in [-0.1, -0.05) is 72.8 Å². The van der Waals surface area contributed by atoms with Crippen LogP contribution in [0.5, 0.6) is 5.75 Å². The summed E-state index contributed by atoms with van der Waals surface area (Å²) in [6.45, 7) is 1.11. The quantitative estimate of drug-likeness (QED) is 0.290. The number of rotatable bonds is 8. The smallest absolute Gasteiger partial charge is 0.251 e. The van der Waals surface area contributed by atoms with Crippen LogP contribution in [0.2, 0.25) is 0 Å². The fourth-order valence-corrected chi connectivity index (χ4v) is 4.06. The minimum absolute atomic E-state index is 0.0592. The third-order valence-electron chi connectivity index (χ3n) is 5.92. The van der Waals surface area contributed by atoms with E-state index in [4.69, 9.17) is 4.74 Å². The van der Waals surface area contributed by atoms with Crippen molar-refractivity contribution in [2.24, 2.45) is 0 Å². The third kappa shape index (κ3) is 5.02. The zero-order valence-electron chi connectivity index (χ0n) is 18.8. The molecule has 5 aromatic rings. The van der Waals surface area contributed by atoms with Crippen molar-refractivity contribution in [3.63, 3.8) is 0 Å². The summed E-state index contributed by atoms with van der Waals surface area (Å²) in [5.74, 6) is 0.771. The summed E-state index contributed by atoms with van der Waals surface area (Å²) < 4.78 is 5.93. The lowest BCUT2D eigenvalue weighted by molar-refractivity contribution is 0.0954. The highest BCUT2D eigenvalue weighted by Gasteiger charge is 2.09. The summed E-state index contributed by atoms with van der Waals surface area (Å²) in [5, 5.41) is 4.18. The van der Waals surface area contributed by atoms with E-state index in [1.165, 1.54) is 5.56 Å². The van der Waals surface area contributed by atoms with E-state index in [-0.39, 0.29) is 5.91 Å². The SMILES string of the molecule is O=C(NCCc1c[nH]c2cc(OCc3ccccc3)ccc12)c1ccc(-c2ccccc2)cc1. The number of aromatic amines is 1. The Morgan fingerprint density at radius 1 is 0.794 bits per heavy atom. The van der Waals surface area contributed by atoms with Crippen LogP contribution in [-0.4, -0.2) is 17.4 Å². The molecule has 5 rings (SSSR count). The predicted octanol–water partition coefficient (Wildman–Crippen LogP) is 6.39. The molecule has 34 heavy (non-hydrogen) atoms. The first-order valence-corrected chi connectivity index (χ1v) is 11.5. The fourth-order valence-electron chi connectivity index (χ4n) is 4.06. The van der Waals surface area contributed by atoms with Crippen molar-refractivity contribution in [1.29, 1.82) is 0 Å². The van der Waals surface area contributed by atoms with Gasteiger partial charge >= 0.3 is 0 Å². The second kappa shape index (κ2) is 10.1. The van der Waals surface area contributed by atoms with E-state index in [1.807, 2.05) is 79.0 Å². The lowest BCUT2D eigenvalue weighted by Gasteiger charge is -2.08. The molecule has 0 spiro atoms. The van der Waals surface area contributed by atoms with Crippen LogP contribution in [0.4, 0.5) is 0 Å². The zero-order chi connectivity index (χ0) is 23.2. The summed E-state index contributed by atoms with van der Waals surface area (Å²) in [6, 6.07) is 34.1. The summed E-state index contributed by atoms with van der Waals surface area (Å²) in [7, 11) is 0. The van der Waals surface area contributed by atoms with Crippen molar-refractivity contribution in [2.45, 2.75) is 13.0 Å². The molecule has 0 bridgehead atoms. The van der Waals surface area contributed by atoms with E-state index < -0.39 is 0 Å². The van der Waals surface area contributed by atoms with Crippen LogP contribution in [0, 0.1) is 0 Å². The first-order chi connectivity index (χ1) is 16.8. The maximum absolute atomic E-state index is 12.6. The van der Waals surface area contributed by atoms with E-state index in [0.29, 0.717) is 18.7 Å². The Morgan fingerprint density at radius 3 is 2.26 bits per heavy atom. The van der Waals surface area contributed by atoms with E-state index in [0.717, 1.165) is 39.8 Å². The van der Waals surface area contributed by atoms with Crippen LogP contribution in [0.1, 0.15) is 21.5 Å². The zero-order valence-corrected chi connectivity index (χ0v) is 18.8. The second-order valence-electron chi connectivity index (χ2n) is 8.24. The van der Waals surface area contributed by atoms with Crippen molar-refractivity contribution in [1.82, 2.24) is 10.3 Å². The number of carbonyl (C=O) groups excluding carboxylic acids is 1. The Balaban J connectivity index is 1.16. The van der Waals surface area contributed by atoms with Gasteiger partial charge in [0.15, 0.2) is 0 Å². The standard InChI is InChI=1S/C30H26N2O2/c33-30(25-13-11-24(12-14-25)23-9-5-2-6-10-23)31-18-17-26-20-32-29-19-27(15-16-28(26)29)34-21-22-7-3-1-4-8-22/h1-16,19-20,32H,17-18,21H2,(H,31,33). The van der Waals surface area contributed by atoms with E-state index >= 15 is 0 Å². The number of hydrogen-bond acceptors (Lipinski definition) is 2. The van der Waals surface area contributed by atoms with Gasteiger partial charge in [-0.25, -0.2) is 0 Å². The molecular formula is C30H26N2O2. The number of ether oxygens (including phenoxy) is 1. The van der Waals surface area contributed by atoms with Gasteiger partial charge < -0.3 is 15.0 Å². The van der Waals surface area contributed by atoms with Gasteiger partial charge in [-0.15, -0.1) is 0 Å². The Bertz CT molecular complexity index is 1370. The fraction of sp³-hybridized carbons (Fsp3) is 0.100. The molecule has 0 radical (unpaired) electrons. The largest absolute Gasteiger partial charge is 0.489 e. The van der Waals surface area contributed by atoms with Crippen LogP contribution in [0.25, 0.3) is 22.0 Å². The van der Waals surface area contributed by atoms with E-state index in [2.05, 4.69) is 40.6 Å². The molecule has 0 aliphatic carbocycles. The molecule has 2 N–H and O–H groups in total. The van der Waals surface area contributed by atoms with Crippen LogP contribution in [0.15, 0.2) is 109 Å². The average molecular weight is 447 g/mol. The number of fused-ring (bicyclic) bond motifs is 1. The lowest BCUT2D eigenvalue weighted by Crippen LogP contribution is -2.25. The molecule has 0 aliphatic rings. The van der Waals surface area contributed by atoms with E-state index in [9.17, 15) is 4.79 Å². The van der Waals surface area contributed by atoms with Gasteiger partial charge in [-0.05, 0) is 52.9 Å². The first-order valence-electron chi connectivity index (χ1n) is 11.5. The highest BCUT2D eigenvalue weighted by Crippen LogP contribution is 2.24. The molecule has 1 aromatic heterocycles. The van der Waals surface area contributed by atoms with Crippen LogP contribution in [0.3, 0.4) is 0 Å². The topological polar surface area (TPSA) is 54.1 Å². The van der Waals surface area contributed by atoms with Crippen LogP contribution in [-0.2, 0) is 13.0 Å². The molecule has 0 atom stereocenters. The molecule has 4 aromatic carbocycles. The van der Waals surface area contributed by atoms with Gasteiger partial charge in [0.05, 0.1) is 0 Å². The number of benzene rings is 4. The van der Waals surface area contributed by atoms with Crippen molar-refractivity contribution in [3.05, 3.63) is 126 Å². The number of amides is 1. The summed E-state index contributed by atoms with van der Waals surface area (Å²) >= 11 is 0. The highest BCUT2D eigenvalue weighted by atomic mass is 16.5. The van der Waals surface area contributed by atoms with Crippen molar-refractivity contribution in [3.8, 4) is 16.9 Å². The highest BCUT2D eigenvalue weighted by molar-refractivity contribution is 5.94. The Labute approximate surface area is 199 Å². The van der Waals surface area contributed by atoms with Crippen molar-refractivity contribution < 1.29 is 9.53 Å².